The largest absolute Gasteiger partial charge is 0.397 e. The maximum absolute atomic E-state index is 12.7. The number of alkyl halides is 3. The molecule has 1 saturated heterocycles. The average molecular weight is 320 g/mol. The van der Waals surface area contributed by atoms with Crippen molar-refractivity contribution in [3.05, 3.63) is 10.9 Å². The summed E-state index contributed by atoms with van der Waals surface area (Å²) in [5.41, 5.74) is 6.29. The summed E-state index contributed by atoms with van der Waals surface area (Å²) in [5.74, 6) is -1.38. The molecule has 0 saturated carbocycles. The van der Waals surface area contributed by atoms with Crippen LogP contribution in [-0.2, 0) is 0 Å². The number of nitrogen functional groups attached to an aromatic ring is 1. The van der Waals surface area contributed by atoms with E-state index >= 15 is 0 Å². The number of carbonyl (C=O) groups is 1. The van der Waals surface area contributed by atoms with Crippen molar-refractivity contribution in [1.29, 1.82) is 0 Å². The van der Waals surface area contributed by atoms with Crippen molar-refractivity contribution in [3.63, 3.8) is 0 Å². The van der Waals surface area contributed by atoms with E-state index in [2.05, 4.69) is 0 Å². The number of carbonyl (C=O) groups excluding carboxylic acids is 1. The van der Waals surface area contributed by atoms with Crippen molar-refractivity contribution in [2.24, 2.45) is 11.8 Å². The predicted molar refractivity (Wildman–Crippen MR) is 78.9 cm³/mol. The first-order valence-corrected chi connectivity index (χ1v) is 7.77. The van der Waals surface area contributed by atoms with E-state index in [-0.39, 0.29) is 24.5 Å². The Morgan fingerprint density at radius 2 is 1.95 bits per heavy atom. The highest BCUT2D eigenvalue weighted by molar-refractivity contribution is 7.18. The maximum atomic E-state index is 12.7. The molecule has 0 radical (unpaired) electrons. The van der Waals surface area contributed by atoms with Crippen LogP contribution in [0.15, 0.2) is 6.07 Å². The van der Waals surface area contributed by atoms with E-state index < -0.39 is 12.1 Å². The number of halogens is 3. The van der Waals surface area contributed by atoms with E-state index in [4.69, 9.17) is 5.73 Å². The molecule has 7 heteroatoms. The highest BCUT2D eigenvalue weighted by Crippen LogP contribution is 2.39. The number of ketones is 1. The lowest BCUT2D eigenvalue weighted by molar-refractivity contribution is -0.179. The molecule has 0 aliphatic carbocycles. The standard InChI is InChI=1S/C14H19F3N2OS/c1-8(2)12(20)13-10(18)7-11(21-13)19-5-3-9(4-6-19)14(15,16)17/h7-9H,3-6,18H2,1-2H3. The summed E-state index contributed by atoms with van der Waals surface area (Å²) in [7, 11) is 0. The number of nitrogens with two attached hydrogens (primary N) is 1. The number of nitrogens with zero attached hydrogens (tertiary/aromatic N) is 1. The van der Waals surface area contributed by atoms with Crippen molar-refractivity contribution in [1.82, 2.24) is 0 Å². The third-order valence-corrected chi connectivity index (χ3v) is 4.99. The lowest BCUT2D eigenvalue weighted by Gasteiger charge is -2.33. The molecule has 118 valence electrons. The van der Waals surface area contributed by atoms with Crippen LogP contribution in [0.4, 0.5) is 23.9 Å². The SMILES string of the molecule is CC(C)C(=O)c1sc(N2CCC(C(F)(F)F)CC2)cc1N. The second-order valence-electron chi connectivity index (χ2n) is 5.69. The topological polar surface area (TPSA) is 46.3 Å². The zero-order valence-electron chi connectivity index (χ0n) is 12.0. The molecular weight excluding hydrogens is 301 g/mol. The van der Waals surface area contributed by atoms with E-state index in [9.17, 15) is 18.0 Å². The van der Waals surface area contributed by atoms with Crippen LogP contribution >= 0.6 is 11.3 Å². The van der Waals surface area contributed by atoms with E-state index in [0.717, 1.165) is 5.00 Å². The molecule has 0 spiro atoms. The summed E-state index contributed by atoms with van der Waals surface area (Å²) in [6, 6.07) is 1.70. The lowest BCUT2D eigenvalue weighted by atomic mass is 9.96. The second-order valence-corrected chi connectivity index (χ2v) is 6.72. The summed E-state index contributed by atoms with van der Waals surface area (Å²) < 4.78 is 38.0. The number of rotatable bonds is 3. The fraction of sp³-hybridized carbons (Fsp3) is 0.643. The van der Waals surface area contributed by atoms with Crippen LogP contribution in [0.1, 0.15) is 36.4 Å². The third kappa shape index (κ3) is 3.51. The Hall–Kier alpha value is -1.24. The Morgan fingerprint density at radius 1 is 1.38 bits per heavy atom. The number of hydrogen-bond acceptors (Lipinski definition) is 4. The number of piperidine rings is 1. The van der Waals surface area contributed by atoms with E-state index in [1.807, 2.05) is 4.90 Å². The van der Waals surface area contributed by atoms with Gasteiger partial charge < -0.3 is 10.6 Å². The molecule has 0 unspecified atom stereocenters. The van der Waals surface area contributed by atoms with Crippen LogP contribution < -0.4 is 10.6 Å². The number of thiophene rings is 1. The minimum absolute atomic E-state index is 0.0195. The first kappa shape index (κ1) is 16.1. The quantitative estimate of drug-likeness (QED) is 0.858. The van der Waals surface area contributed by atoms with Crippen LogP contribution in [0.25, 0.3) is 0 Å². The molecule has 1 fully saturated rings. The van der Waals surface area contributed by atoms with E-state index in [1.54, 1.807) is 19.9 Å². The molecule has 1 aromatic rings. The van der Waals surface area contributed by atoms with Gasteiger partial charge in [-0.3, -0.25) is 4.79 Å². The first-order valence-electron chi connectivity index (χ1n) is 6.95. The van der Waals surface area contributed by atoms with Gasteiger partial charge in [-0.25, -0.2) is 0 Å². The van der Waals surface area contributed by atoms with Crippen molar-refractivity contribution in [3.8, 4) is 0 Å². The summed E-state index contributed by atoms with van der Waals surface area (Å²) in [4.78, 5) is 14.4. The van der Waals surface area contributed by atoms with Crippen LogP contribution in [-0.4, -0.2) is 25.0 Å². The summed E-state index contributed by atoms with van der Waals surface area (Å²) in [6.07, 6.45) is -3.93. The van der Waals surface area contributed by atoms with Crippen molar-refractivity contribution < 1.29 is 18.0 Å². The lowest BCUT2D eigenvalue weighted by Crippen LogP contribution is -2.38. The highest BCUT2D eigenvalue weighted by atomic mass is 32.1. The van der Waals surface area contributed by atoms with Gasteiger partial charge in [-0.1, -0.05) is 13.8 Å². The van der Waals surface area contributed by atoms with Crippen molar-refractivity contribution in [2.75, 3.05) is 23.7 Å². The summed E-state index contributed by atoms with van der Waals surface area (Å²) >= 11 is 1.28. The van der Waals surface area contributed by atoms with Gasteiger partial charge in [-0.05, 0) is 18.9 Å². The fourth-order valence-electron chi connectivity index (χ4n) is 2.43. The van der Waals surface area contributed by atoms with Gasteiger partial charge >= 0.3 is 6.18 Å². The second kappa shape index (κ2) is 5.87. The molecule has 0 amide bonds. The van der Waals surface area contributed by atoms with Crippen LogP contribution in [0, 0.1) is 11.8 Å². The van der Waals surface area contributed by atoms with Gasteiger partial charge in [0.1, 0.15) is 0 Å². The molecular formula is C14H19F3N2OS. The zero-order valence-corrected chi connectivity index (χ0v) is 12.9. The highest BCUT2D eigenvalue weighted by Gasteiger charge is 2.41. The van der Waals surface area contributed by atoms with Gasteiger partial charge in [0, 0.05) is 19.0 Å². The predicted octanol–water partition coefficient (Wildman–Crippen LogP) is 3.95. The molecule has 2 rings (SSSR count). The van der Waals surface area contributed by atoms with Crippen molar-refractivity contribution in [2.45, 2.75) is 32.9 Å². The minimum Gasteiger partial charge on any atom is -0.397 e. The molecule has 0 aromatic carbocycles. The molecule has 3 nitrogen and oxygen atoms in total. The smallest absolute Gasteiger partial charge is 0.391 e. The molecule has 1 aromatic heterocycles. The maximum Gasteiger partial charge on any atom is 0.391 e. The summed E-state index contributed by atoms with van der Waals surface area (Å²) in [5, 5.41) is 0.789. The first-order chi connectivity index (χ1) is 9.70. The van der Waals surface area contributed by atoms with Crippen LogP contribution in [0.2, 0.25) is 0 Å². The Balaban J connectivity index is 2.08. The molecule has 2 heterocycles. The fourth-order valence-corrected chi connectivity index (χ4v) is 3.65. The van der Waals surface area contributed by atoms with E-state index in [0.29, 0.717) is 23.7 Å². The summed E-state index contributed by atoms with van der Waals surface area (Å²) in [6.45, 7) is 4.30. The van der Waals surface area contributed by atoms with Crippen molar-refractivity contribution >= 4 is 27.8 Å². The Labute approximate surface area is 125 Å². The minimum atomic E-state index is -4.11. The molecule has 2 N–H and O–H groups in total. The Bertz CT molecular complexity index is 517. The molecule has 21 heavy (non-hydrogen) atoms. The number of hydrogen-bond donors (Lipinski definition) is 1. The molecule has 1 aliphatic heterocycles. The average Bonchev–Trinajstić information content (AvgIpc) is 2.79. The van der Waals surface area contributed by atoms with Gasteiger partial charge in [0.2, 0.25) is 0 Å². The number of Topliss-reactive ketones (excluding diaryl/α,β-unsaturated/α-hetero) is 1. The van der Waals surface area contributed by atoms with Gasteiger partial charge in [-0.2, -0.15) is 13.2 Å². The normalized spacial score (nSPS) is 17.5. The van der Waals surface area contributed by atoms with Gasteiger partial charge in [0.25, 0.3) is 0 Å². The molecule has 0 bridgehead atoms. The molecule has 0 atom stereocenters. The Morgan fingerprint density at radius 3 is 2.43 bits per heavy atom. The number of anilines is 2. The van der Waals surface area contributed by atoms with Crippen LogP contribution in [0.5, 0.6) is 0 Å². The van der Waals surface area contributed by atoms with Crippen LogP contribution in [0.3, 0.4) is 0 Å². The van der Waals surface area contributed by atoms with E-state index in [1.165, 1.54) is 11.3 Å². The van der Waals surface area contributed by atoms with Gasteiger partial charge in [0.05, 0.1) is 21.5 Å². The van der Waals surface area contributed by atoms with Gasteiger partial charge in [-0.15, -0.1) is 11.3 Å². The molecule has 1 aliphatic rings. The van der Waals surface area contributed by atoms with Gasteiger partial charge in [0.15, 0.2) is 5.78 Å². The third-order valence-electron chi connectivity index (χ3n) is 3.77. The monoisotopic (exact) mass is 320 g/mol. The zero-order chi connectivity index (χ0) is 15.8. The Kier molecular flexibility index (Phi) is 4.51.